The molecular weight excluding hydrogens is 236 g/mol. The minimum absolute atomic E-state index is 0.112. The number of rotatable bonds is 7. The van der Waals surface area contributed by atoms with E-state index in [9.17, 15) is 9.59 Å². The molecule has 1 heterocycles. The first-order valence-corrected chi connectivity index (χ1v) is 5.93. The Morgan fingerprint density at radius 1 is 1.22 bits per heavy atom. The molecule has 0 atom stereocenters. The number of nitrogens with two attached hydrogens (primary N) is 2. The molecule has 18 heavy (non-hydrogen) atoms. The summed E-state index contributed by atoms with van der Waals surface area (Å²) in [7, 11) is 0. The molecular formula is C10H22N6O2. The van der Waals surface area contributed by atoms with E-state index in [1.807, 2.05) is 13.8 Å². The van der Waals surface area contributed by atoms with Gasteiger partial charge in [-0.05, 0) is 20.3 Å². The second kappa shape index (κ2) is 6.10. The largest absolute Gasteiger partial charge is 0.327 e. The third-order valence-corrected chi connectivity index (χ3v) is 3.15. The highest BCUT2D eigenvalue weighted by molar-refractivity contribution is 6.02. The van der Waals surface area contributed by atoms with Crippen molar-refractivity contribution in [2.24, 2.45) is 11.7 Å². The zero-order valence-corrected chi connectivity index (χ0v) is 10.9. The van der Waals surface area contributed by atoms with Gasteiger partial charge in [0.2, 0.25) is 5.91 Å². The van der Waals surface area contributed by atoms with Gasteiger partial charge in [-0.2, -0.15) is 0 Å². The first-order chi connectivity index (χ1) is 8.44. The Bertz CT molecular complexity index is 319. The number of hydrogen-bond acceptors (Lipinski definition) is 6. The van der Waals surface area contributed by atoms with Crippen LogP contribution >= 0.6 is 0 Å². The van der Waals surface area contributed by atoms with Crippen LogP contribution in [0.3, 0.4) is 0 Å². The summed E-state index contributed by atoms with van der Waals surface area (Å²) >= 11 is 0. The van der Waals surface area contributed by atoms with Crippen LogP contribution < -0.4 is 22.5 Å². The van der Waals surface area contributed by atoms with E-state index < -0.39 is 5.54 Å². The van der Waals surface area contributed by atoms with Crippen LogP contribution in [0.1, 0.15) is 20.3 Å². The fourth-order valence-corrected chi connectivity index (χ4v) is 1.92. The second-order valence-electron chi connectivity index (χ2n) is 4.88. The Balaban J connectivity index is 2.69. The first kappa shape index (κ1) is 14.8. The maximum Gasteiger partial charge on any atom is 0.327 e. The van der Waals surface area contributed by atoms with Crippen molar-refractivity contribution in [1.29, 1.82) is 0 Å². The number of hydrogen-bond donors (Lipinski definition) is 4. The highest BCUT2D eigenvalue weighted by Gasteiger charge is 2.42. The van der Waals surface area contributed by atoms with Gasteiger partial charge in [-0.3, -0.25) is 32.2 Å². The average Bonchev–Trinajstić information content (AvgIpc) is 2.61. The molecule has 0 aromatic heterocycles. The summed E-state index contributed by atoms with van der Waals surface area (Å²) in [6.07, 6.45) is 0.672. The van der Waals surface area contributed by atoms with Gasteiger partial charge in [0.15, 0.2) is 0 Å². The van der Waals surface area contributed by atoms with Crippen molar-refractivity contribution in [3.63, 3.8) is 0 Å². The van der Waals surface area contributed by atoms with Crippen LogP contribution in [0.2, 0.25) is 0 Å². The van der Waals surface area contributed by atoms with Gasteiger partial charge in [0.25, 0.3) is 0 Å². The lowest BCUT2D eigenvalue weighted by atomic mass is 9.99. The Labute approximate surface area is 107 Å². The molecule has 104 valence electrons. The molecule has 1 aliphatic heterocycles. The van der Waals surface area contributed by atoms with Crippen molar-refractivity contribution in [2.45, 2.75) is 25.8 Å². The van der Waals surface area contributed by atoms with E-state index in [4.69, 9.17) is 11.7 Å². The molecule has 1 saturated heterocycles. The van der Waals surface area contributed by atoms with Crippen LogP contribution in [0.4, 0.5) is 4.79 Å². The molecule has 1 fully saturated rings. The van der Waals surface area contributed by atoms with Gasteiger partial charge in [-0.15, -0.1) is 0 Å². The molecule has 3 amide bonds. The highest BCUT2D eigenvalue weighted by Crippen LogP contribution is 2.24. The molecule has 8 nitrogen and oxygen atoms in total. The third kappa shape index (κ3) is 3.16. The highest BCUT2D eigenvalue weighted by atomic mass is 16.2. The monoisotopic (exact) mass is 258 g/mol. The number of carbonyl (C=O) groups is 2. The fourth-order valence-electron chi connectivity index (χ4n) is 1.92. The molecule has 1 aliphatic rings. The molecule has 1 rings (SSSR count). The minimum atomic E-state index is -0.413. The summed E-state index contributed by atoms with van der Waals surface area (Å²) in [6.45, 7) is 5.20. The van der Waals surface area contributed by atoms with Crippen molar-refractivity contribution in [3.05, 3.63) is 0 Å². The lowest BCUT2D eigenvalue weighted by molar-refractivity contribution is -0.125. The second-order valence-corrected chi connectivity index (χ2v) is 4.88. The normalized spacial score (nSPS) is 16.9. The van der Waals surface area contributed by atoms with Crippen molar-refractivity contribution in [1.82, 2.24) is 20.7 Å². The molecule has 0 radical (unpaired) electrons. The van der Waals surface area contributed by atoms with E-state index in [1.54, 1.807) is 4.90 Å². The lowest BCUT2D eigenvalue weighted by Crippen LogP contribution is -2.49. The number of amides is 3. The van der Waals surface area contributed by atoms with Crippen LogP contribution in [0, 0.1) is 0 Å². The summed E-state index contributed by atoms with van der Waals surface area (Å²) in [6, 6.07) is -0.266. The molecule has 6 N–H and O–H groups in total. The van der Waals surface area contributed by atoms with Crippen molar-refractivity contribution in [2.75, 3.05) is 26.2 Å². The van der Waals surface area contributed by atoms with Crippen LogP contribution in [-0.4, -0.2) is 53.5 Å². The van der Waals surface area contributed by atoms with Gasteiger partial charge in [0.05, 0.1) is 0 Å². The van der Waals surface area contributed by atoms with Crippen LogP contribution in [0.25, 0.3) is 0 Å². The van der Waals surface area contributed by atoms with Gasteiger partial charge in [-0.25, -0.2) is 4.79 Å². The quantitative estimate of drug-likeness (QED) is 0.247. The molecule has 8 heteroatoms. The average molecular weight is 258 g/mol. The van der Waals surface area contributed by atoms with E-state index in [1.165, 1.54) is 4.90 Å². The third-order valence-electron chi connectivity index (χ3n) is 3.15. The van der Waals surface area contributed by atoms with Gasteiger partial charge in [0.1, 0.15) is 6.54 Å². The Morgan fingerprint density at radius 3 is 2.39 bits per heavy atom. The summed E-state index contributed by atoms with van der Waals surface area (Å²) in [5.74, 6) is 10.2. The van der Waals surface area contributed by atoms with Gasteiger partial charge in [-0.1, -0.05) is 0 Å². The standard InChI is InChI=1S/C10H22N6O2/c1-10(2,3-4-13-11)16-7-8(17)15(9(16)18)6-5-14-12/h13-14H,3-7,11-12H2,1-2H3. The zero-order valence-electron chi connectivity index (χ0n) is 10.9. The Hall–Kier alpha value is -1.22. The number of carbonyl (C=O) groups excluding carboxylic acids is 2. The first-order valence-electron chi connectivity index (χ1n) is 5.93. The lowest BCUT2D eigenvalue weighted by Gasteiger charge is -2.34. The summed E-state index contributed by atoms with van der Waals surface area (Å²) in [4.78, 5) is 26.7. The molecule has 0 spiro atoms. The van der Waals surface area contributed by atoms with Crippen LogP contribution in [0.15, 0.2) is 0 Å². The number of hydrazine groups is 2. The van der Waals surface area contributed by atoms with Gasteiger partial charge < -0.3 is 4.90 Å². The number of imide groups is 1. The SMILES string of the molecule is CC(C)(CCNN)N1CC(=O)N(CCNN)C1=O. The molecule has 0 aliphatic carbocycles. The summed E-state index contributed by atoms with van der Waals surface area (Å²) in [5, 5.41) is 0. The van der Waals surface area contributed by atoms with Crippen LogP contribution in [0.5, 0.6) is 0 Å². The van der Waals surface area contributed by atoms with E-state index in [-0.39, 0.29) is 25.0 Å². The van der Waals surface area contributed by atoms with E-state index >= 15 is 0 Å². The predicted octanol–water partition coefficient (Wildman–Crippen LogP) is -1.65. The number of nitrogens with one attached hydrogen (secondary N) is 2. The Kier molecular flexibility index (Phi) is 5.03. The molecule has 0 saturated carbocycles. The molecule has 0 unspecified atom stereocenters. The predicted molar refractivity (Wildman–Crippen MR) is 66.9 cm³/mol. The van der Waals surface area contributed by atoms with Crippen molar-refractivity contribution in [3.8, 4) is 0 Å². The van der Waals surface area contributed by atoms with Gasteiger partial charge in [0, 0.05) is 25.2 Å². The maximum atomic E-state index is 12.1. The molecule has 0 bridgehead atoms. The zero-order chi connectivity index (χ0) is 13.8. The van der Waals surface area contributed by atoms with Gasteiger partial charge >= 0.3 is 6.03 Å². The molecule has 0 aromatic rings. The smallest absolute Gasteiger partial charge is 0.310 e. The summed E-state index contributed by atoms with van der Waals surface area (Å²) in [5.41, 5.74) is 4.58. The fraction of sp³-hybridized carbons (Fsp3) is 0.800. The number of nitrogens with zero attached hydrogens (tertiary/aromatic N) is 2. The van der Waals surface area contributed by atoms with E-state index in [2.05, 4.69) is 10.9 Å². The van der Waals surface area contributed by atoms with E-state index in [0.717, 1.165) is 0 Å². The maximum absolute atomic E-state index is 12.1. The summed E-state index contributed by atoms with van der Waals surface area (Å²) < 4.78 is 0. The van der Waals surface area contributed by atoms with Crippen molar-refractivity contribution < 1.29 is 9.59 Å². The van der Waals surface area contributed by atoms with E-state index in [0.29, 0.717) is 19.5 Å². The minimum Gasteiger partial charge on any atom is -0.310 e. The Morgan fingerprint density at radius 2 is 1.83 bits per heavy atom. The van der Waals surface area contributed by atoms with Crippen molar-refractivity contribution >= 4 is 11.9 Å². The van der Waals surface area contributed by atoms with Crippen LogP contribution in [-0.2, 0) is 4.79 Å². The number of urea groups is 1. The molecule has 0 aromatic carbocycles. The topological polar surface area (TPSA) is 117 Å².